The molecule has 4 rings (SSSR count). The summed E-state index contributed by atoms with van der Waals surface area (Å²) in [6.45, 7) is 0. The molecule has 27 heavy (non-hydrogen) atoms. The Bertz CT molecular complexity index is 1140. The average Bonchev–Trinajstić information content (AvgIpc) is 3.09. The van der Waals surface area contributed by atoms with Crippen LogP contribution in [-0.2, 0) is 0 Å². The van der Waals surface area contributed by atoms with Crippen LogP contribution >= 0.6 is 39.1 Å². The number of carbonyl (C=O) groups excluding carboxylic acids is 1. The highest BCUT2D eigenvalue weighted by Crippen LogP contribution is 2.32. The summed E-state index contributed by atoms with van der Waals surface area (Å²) in [5.74, 6) is 0.0601. The number of hydrogen-bond donors (Lipinski definition) is 1. The molecule has 0 fully saturated rings. The third-order valence-electron chi connectivity index (χ3n) is 3.92. The number of oxazole rings is 1. The summed E-state index contributed by atoms with van der Waals surface area (Å²) < 4.78 is 6.54. The average molecular weight is 462 g/mol. The lowest BCUT2D eigenvalue weighted by Crippen LogP contribution is -2.12. The van der Waals surface area contributed by atoms with Crippen LogP contribution in [0.1, 0.15) is 10.4 Å². The molecule has 3 aromatic carbocycles. The number of halogens is 3. The van der Waals surface area contributed by atoms with E-state index in [2.05, 4.69) is 26.2 Å². The van der Waals surface area contributed by atoms with E-state index in [1.807, 2.05) is 24.3 Å². The summed E-state index contributed by atoms with van der Waals surface area (Å²) in [6, 6.07) is 17.6. The van der Waals surface area contributed by atoms with Crippen LogP contribution < -0.4 is 5.32 Å². The second-order valence-corrected chi connectivity index (χ2v) is 7.49. The minimum atomic E-state index is -0.327. The molecule has 0 spiro atoms. The highest BCUT2D eigenvalue weighted by molar-refractivity contribution is 9.10. The maximum atomic E-state index is 12.6. The van der Waals surface area contributed by atoms with Crippen molar-refractivity contribution in [2.24, 2.45) is 0 Å². The van der Waals surface area contributed by atoms with Crippen LogP contribution in [0.5, 0.6) is 0 Å². The van der Waals surface area contributed by atoms with E-state index in [4.69, 9.17) is 27.6 Å². The maximum Gasteiger partial charge on any atom is 0.257 e. The number of para-hydroxylation sites is 2. The molecule has 0 radical (unpaired) electrons. The highest BCUT2D eigenvalue weighted by atomic mass is 79.9. The van der Waals surface area contributed by atoms with Crippen molar-refractivity contribution >= 4 is 61.8 Å². The Morgan fingerprint density at radius 3 is 2.59 bits per heavy atom. The predicted molar refractivity (Wildman–Crippen MR) is 112 cm³/mol. The Labute approximate surface area is 173 Å². The molecule has 0 saturated carbocycles. The van der Waals surface area contributed by atoms with E-state index in [0.717, 1.165) is 9.99 Å². The van der Waals surface area contributed by atoms with E-state index in [-0.39, 0.29) is 5.91 Å². The van der Waals surface area contributed by atoms with Gasteiger partial charge in [-0.3, -0.25) is 4.79 Å². The Kier molecular flexibility index (Phi) is 4.91. The van der Waals surface area contributed by atoms with Crippen molar-refractivity contribution in [3.8, 4) is 11.5 Å². The number of hydrogen-bond acceptors (Lipinski definition) is 3. The highest BCUT2D eigenvalue weighted by Gasteiger charge is 2.15. The molecule has 0 aliphatic heterocycles. The lowest BCUT2D eigenvalue weighted by Gasteiger charge is -2.09. The Hall–Kier alpha value is -2.34. The fourth-order valence-corrected chi connectivity index (χ4v) is 3.39. The normalized spacial score (nSPS) is 10.9. The minimum Gasteiger partial charge on any atom is -0.436 e. The van der Waals surface area contributed by atoms with Gasteiger partial charge in [-0.25, -0.2) is 4.98 Å². The van der Waals surface area contributed by atoms with Crippen molar-refractivity contribution in [3.63, 3.8) is 0 Å². The van der Waals surface area contributed by atoms with Crippen LogP contribution in [0.25, 0.3) is 22.6 Å². The molecule has 134 valence electrons. The van der Waals surface area contributed by atoms with E-state index in [1.165, 1.54) is 0 Å². The van der Waals surface area contributed by atoms with E-state index in [1.54, 1.807) is 36.4 Å². The Morgan fingerprint density at radius 1 is 1.00 bits per heavy atom. The number of nitrogens with one attached hydrogen (secondary N) is 1. The summed E-state index contributed by atoms with van der Waals surface area (Å²) in [4.78, 5) is 17.0. The van der Waals surface area contributed by atoms with Crippen LogP contribution in [0.2, 0.25) is 10.0 Å². The first-order valence-electron chi connectivity index (χ1n) is 7.93. The van der Waals surface area contributed by atoms with Gasteiger partial charge in [-0.15, -0.1) is 0 Å². The quantitative estimate of drug-likeness (QED) is 0.364. The molecular formula is C20H11BrCl2N2O2. The van der Waals surface area contributed by atoms with Gasteiger partial charge < -0.3 is 9.73 Å². The molecule has 0 saturated heterocycles. The van der Waals surface area contributed by atoms with Crippen molar-refractivity contribution in [2.75, 3.05) is 5.32 Å². The predicted octanol–water partition coefficient (Wildman–Crippen LogP) is 6.82. The van der Waals surface area contributed by atoms with Crippen LogP contribution in [0.15, 0.2) is 69.6 Å². The zero-order chi connectivity index (χ0) is 19.0. The Morgan fingerprint density at radius 2 is 1.78 bits per heavy atom. The Balaban J connectivity index is 1.68. The first-order chi connectivity index (χ1) is 13.0. The molecule has 4 nitrogen and oxygen atoms in total. The van der Waals surface area contributed by atoms with Crippen molar-refractivity contribution in [3.05, 3.63) is 80.7 Å². The fourth-order valence-electron chi connectivity index (χ4n) is 2.62. The molecule has 0 atom stereocenters. The van der Waals surface area contributed by atoms with Gasteiger partial charge >= 0.3 is 0 Å². The molecule has 0 bridgehead atoms. The molecular weight excluding hydrogens is 451 g/mol. The topological polar surface area (TPSA) is 55.1 Å². The zero-order valence-corrected chi connectivity index (χ0v) is 16.8. The SMILES string of the molecule is O=C(Nc1ccc(Cl)c(-c2nc3ccccc3o2)c1)c1cc(Br)ccc1Cl. The number of fused-ring (bicyclic) bond motifs is 1. The smallest absolute Gasteiger partial charge is 0.257 e. The molecule has 1 amide bonds. The first-order valence-corrected chi connectivity index (χ1v) is 9.48. The van der Waals surface area contributed by atoms with Crippen LogP contribution in [-0.4, -0.2) is 10.9 Å². The molecule has 0 unspecified atom stereocenters. The molecule has 1 N–H and O–H groups in total. The van der Waals surface area contributed by atoms with E-state index in [9.17, 15) is 4.79 Å². The standard InChI is InChI=1S/C20H11BrCl2N2O2/c21-11-5-7-15(22)13(9-11)19(26)24-12-6-8-16(23)14(10-12)20-25-17-3-1-2-4-18(17)27-20/h1-10H,(H,24,26). The molecule has 4 aromatic rings. The molecule has 0 aliphatic rings. The summed E-state index contributed by atoms with van der Waals surface area (Å²) in [5, 5.41) is 3.66. The molecule has 7 heteroatoms. The van der Waals surface area contributed by atoms with E-state index in [0.29, 0.717) is 38.3 Å². The van der Waals surface area contributed by atoms with Gasteiger partial charge in [0.2, 0.25) is 5.89 Å². The number of benzene rings is 3. The largest absolute Gasteiger partial charge is 0.436 e. The van der Waals surface area contributed by atoms with Gasteiger partial charge in [0.1, 0.15) is 5.52 Å². The van der Waals surface area contributed by atoms with Crippen molar-refractivity contribution in [1.82, 2.24) is 4.98 Å². The van der Waals surface area contributed by atoms with Gasteiger partial charge in [0.15, 0.2) is 5.58 Å². The van der Waals surface area contributed by atoms with Gasteiger partial charge in [0.25, 0.3) is 5.91 Å². The summed E-state index contributed by atoms with van der Waals surface area (Å²) in [6.07, 6.45) is 0. The lowest BCUT2D eigenvalue weighted by molar-refractivity contribution is 0.102. The van der Waals surface area contributed by atoms with Crippen molar-refractivity contribution < 1.29 is 9.21 Å². The van der Waals surface area contributed by atoms with Gasteiger partial charge in [0.05, 0.1) is 21.2 Å². The van der Waals surface area contributed by atoms with Crippen LogP contribution in [0, 0.1) is 0 Å². The number of amides is 1. The van der Waals surface area contributed by atoms with Gasteiger partial charge in [-0.1, -0.05) is 51.3 Å². The van der Waals surface area contributed by atoms with Crippen LogP contribution in [0.3, 0.4) is 0 Å². The van der Waals surface area contributed by atoms with Crippen LogP contribution in [0.4, 0.5) is 5.69 Å². The number of aromatic nitrogens is 1. The first kappa shape index (κ1) is 18.0. The second-order valence-electron chi connectivity index (χ2n) is 5.76. The third-order valence-corrected chi connectivity index (χ3v) is 5.07. The second kappa shape index (κ2) is 7.35. The number of carbonyl (C=O) groups is 1. The van der Waals surface area contributed by atoms with E-state index < -0.39 is 0 Å². The summed E-state index contributed by atoms with van der Waals surface area (Å²) >= 11 is 15.8. The zero-order valence-electron chi connectivity index (χ0n) is 13.7. The monoisotopic (exact) mass is 460 g/mol. The van der Waals surface area contributed by atoms with Crippen molar-refractivity contribution in [2.45, 2.75) is 0 Å². The minimum absolute atomic E-state index is 0.327. The summed E-state index contributed by atoms with van der Waals surface area (Å²) in [7, 11) is 0. The van der Waals surface area contributed by atoms with Gasteiger partial charge in [-0.2, -0.15) is 0 Å². The number of anilines is 1. The molecule has 1 aromatic heterocycles. The van der Waals surface area contributed by atoms with Gasteiger partial charge in [0, 0.05) is 10.2 Å². The van der Waals surface area contributed by atoms with Crippen molar-refractivity contribution in [1.29, 1.82) is 0 Å². The molecule has 0 aliphatic carbocycles. The maximum absolute atomic E-state index is 12.6. The third kappa shape index (κ3) is 3.72. The van der Waals surface area contributed by atoms with Gasteiger partial charge in [-0.05, 0) is 48.5 Å². The number of rotatable bonds is 3. The van der Waals surface area contributed by atoms with E-state index >= 15 is 0 Å². The molecule has 1 heterocycles. The lowest BCUT2D eigenvalue weighted by atomic mass is 10.1. The fraction of sp³-hybridized carbons (Fsp3) is 0. The summed E-state index contributed by atoms with van der Waals surface area (Å²) in [5.41, 5.74) is 2.91. The number of nitrogens with zero attached hydrogens (tertiary/aromatic N) is 1.